The number of hydrogen-bond acceptors (Lipinski definition) is 5. The summed E-state index contributed by atoms with van der Waals surface area (Å²) < 4.78 is 23.1. The van der Waals surface area contributed by atoms with Gasteiger partial charge in [-0.1, -0.05) is 0 Å². The van der Waals surface area contributed by atoms with Gasteiger partial charge in [0, 0.05) is 31.4 Å². The maximum Gasteiger partial charge on any atom is 0.238 e. The first-order valence-electron chi connectivity index (χ1n) is 7.57. The number of carbonyl (C=O) groups excluding carboxylic acids is 1. The molecule has 128 valence electrons. The fourth-order valence-corrected chi connectivity index (χ4v) is 3.24. The second-order valence-electron chi connectivity index (χ2n) is 6.03. The fourth-order valence-electron chi connectivity index (χ4n) is 2.61. The summed E-state index contributed by atoms with van der Waals surface area (Å²) in [6.45, 7) is 8.49. The minimum absolute atomic E-state index is 0.00596. The van der Waals surface area contributed by atoms with Gasteiger partial charge in [-0.2, -0.15) is 0 Å². The van der Waals surface area contributed by atoms with Gasteiger partial charge < -0.3 is 10.6 Å². The minimum atomic E-state index is -3.81. The lowest BCUT2D eigenvalue weighted by Gasteiger charge is -2.33. The van der Waals surface area contributed by atoms with Crippen LogP contribution in [-0.2, 0) is 14.8 Å². The van der Waals surface area contributed by atoms with Crippen LogP contribution in [0.15, 0.2) is 17.0 Å². The number of primary sulfonamides is 1. The molecule has 4 N–H and O–H groups in total. The number of amides is 1. The Morgan fingerprint density at radius 1 is 1.43 bits per heavy atom. The van der Waals surface area contributed by atoms with Crippen molar-refractivity contribution in [2.75, 3.05) is 31.5 Å². The molecule has 1 aromatic carbocycles. The van der Waals surface area contributed by atoms with Crippen molar-refractivity contribution in [2.24, 2.45) is 5.14 Å². The molecule has 0 aliphatic carbocycles. The number of anilines is 1. The lowest BCUT2D eigenvalue weighted by Crippen LogP contribution is -2.52. The van der Waals surface area contributed by atoms with E-state index in [-0.39, 0.29) is 23.4 Å². The average Bonchev–Trinajstić information content (AvgIpc) is 2.45. The SMILES string of the molecule is Cc1cc(S(N)(=O)=O)cc(NC(=O)CN2CCNC[C@H]2C)c1C. The highest BCUT2D eigenvalue weighted by Crippen LogP contribution is 2.23. The summed E-state index contributed by atoms with van der Waals surface area (Å²) in [5.74, 6) is -0.159. The number of nitrogens with zero attached hydrogens (tertiary/aromatic N) is 1. The van der Waals surface area contributed by atoms with E-state index in [1.54, 1.807) is 6.92 Å². The van der Waals surface area contributed by atoms with Gasteiger partial charge in [0.2, 0.25) is 15.9 Å². The van der Waals surface area contributed by atoms with Crippen molar-refractivity contribution in [1.82, 2.24) is 10.2 Å². The van der Waals surface area contributed by atoms with Crippen LogP contribution >= 0.6 is 0 Å². The molecule has 1 atom stereocenters. The molecule has 1 heterocycles. The quantitative estimate of drug-likeness (QED) is 0.725. The van der Waals surface area contributed by atoms with Crippen molar-refractivity contribution in [3.05, 3.63) is 23.3 Å². The summed E-state index contributed by atoms with van der Waals surface area (Å²) in [5.41, 5.74) is 2.09. The maximum atomic E-state index is 12.3. The molecule has 1 aliphatic heterocycles. The Bertz CT molecular complexity index is 703. The van der Waals surface area contributed by atoms with Crippen LogP contribution in [0.1, 0.15) is 18.1 Å². The number of rotatable bonds is 4. The molecule has 23 heavy (non-hydrogen) atoms. The van der Waals surface area contributed by atoms with Gasteiger partial charge in [-0.15, -0.1) is 0 Å². The smallest absolute Gasteiger partial charge is 0.238 e. The number of piperazine rings is 1. The van der Waals surface area contributed by atoms with Gasteiger partial charge in [-0.25, -0.2) is 13.6 Å². The highest BCUT2D eigenvalue weighted by Gasteiger charge is 2.21. The summed E-state index contributed by atoms with van der Waals surface area (Å²) in [4.78, 5) is 14.4. The molecule has 0 radical (unpaired) electrons. The van der Waals surface area contributed by atoms with Crippen LogP contribution in [0.25, 0.3) is 0 Å². The molecule has 1 amide bonds. The maximum absolute atomic E-state index is 12.3. The third-order valence-electron chi connectivity index (χ3n) is 4.23. The summed E-state index contributed by atoms with van der Waals surface area (Å²) in [6, 6.07) is 3.21. The highest BCUT2D eigenvalue weighted by atomic mass is 32.2. The molecule has 0 unspecified atom stereocenters. The molecule has 1 saturated heterocycles. The summed E-state index contributed by atoms with van der Waals surface area (Å²) in [7, 11) is -3.81. The van der Waals surface area contributed by atoms with Crippen LogP contribution in [0.2, 0.25) is 0 Å². The van der Waals surface area contributed by atoms with E-state index in [2.05, 4.69) is 22.5 Å². The lowest BCUT2D eigenvalue weighted by molar-refractivity contribution is -0.118. The standard InChI is InChI=1S/C15H24N4O3S/c1-10-6-13(23(16,21)22)7-14(12(10)3)18-15(20)9-19-5-4-17-8-11(19)2/h6-7,11,17H,4-5,8-9H2,1-3H3,(H,18,20)(H2,16,21,22)/t11-/m1/s1. The van der Waals surface area contributed by atoms with Crippen LogP contribution in [-0.4, -0.2) is 51.4 Å². The normalized spacial score (nSPS) is 19.6. The van der Waals surface area contributed by atoms with Crippen LogP contribution in [0.4, 0.5) is 5.69 Å². The van der Waals surface area contributed by atoms with Crippen molar-refractivity contribution in [1.29, 1.82) is 0 Å². The molecular weight excluding hydrogens is 316 g/mol. The number of sulfonamides is 1. The molecule has 0 aromatic heterocycles. The molecule has 1 fully saturated rings. The zero-order chi connectivity index (χ0) is 17.2. The predicted molar refractivity (Wildman–Crippen MR) is 89.8 cm³/mol. The Balaban J connectivity index is 2.15. The average molecular weight is 340 g/mol. The van der Waals surface area contributed by atoms with Gasteiger partial charge in [0.25, 0.3) is 0 Å². The van der Waals surface area contributed by atoms with E-state index in [1.807, 2.05) is 6.92 Å². The summed E-state index contributed by atoms with van der Waals surface area (Å²) >= 11 is 0. The number of carbonyl (C=O) groups is 1. The van der Waals surface area contributed by atoms with E-state index < -0.39 is 10.0 Å². The van der Waals surface area contributed by atoms with Gasteiger partial charge in [-0.05, 0) is 44.0 Å². The molecule has 0 bridgehead atoms. The van der Waals surface area contributed by atoms with Crippen LogP contribution < -0.4 is 15.8 Å². The first kappa shape index (κ1) is 17.9. The van der Waals surface area contributed by atoms with Gasteiger partial charge in [-0.3, -0.25) is 9.69 Å². The van der Waals surface area contributed by atoms with E-state index in [0.717, 1.165) is 30.8 Å². The Morgan fingerprint density at radius 3 is 2.74 bits per heavy atom. The molecule has 0 saturated carbocycles. The Kier molecular flexibility index (Phi) is 5.41. The van der Waals surface area contributed by atoms with Gasteiger partial charge >= 0.3 is 0 Å². The fraction of sp³-hybridized carbons (Fsp3) is 0.533. The lowest BCUT2D eigenvalue weighted by atomic mass is 10.1. The molecule has 1 aromatic rings. The van der Waals surface area contributed by atoms with Gasteiger partial charge in [0.05, 0.1) is 11.4 Å². The monoisotopic (exact) mass is 340 g/mol. The van der Waals surface area contributed by atoms with Crippen LogP contribution in [0, 0.1) is 13.8 Å². The zero-order valence-electron chi connectivity index (χ0n) is 13.7. The summed E-state index contributed by atoms with van der Waals surface area (Å²) in [5, 5.41) is 11.3. The number of benzene rings is 1. The first-order chi connectivity index (χ1) is 10.7. The van der Waals surface area contributed by atoms with Crippen molar-refractivity contribution in [3.8, 4) is 0 Å². The minimum Gasteiger partial charge on any atom is -0.325 e. The van der Waals surface area contributed by atoms with E-state index in [9.17, 15) is 13.2 Å². The number of hydrogen-bond donors (Lipinski definition) is 3. The second-order valence-corrected chi connectivity index (χ2v) is 7.59. The van der Waals surface area contributed by atoms with Crippen molar-refractivity contribution < 1.29 is 13.2 Å². The van der Waals surface area contributed by atoms with Gasteiger partial charge in [0.15, 0.2) is 0 Å². The zero-order valence-corrected chi connectivity index (χ0v) is 14.5. The summed E-state index contributed by atoms with van der Waals surface area (Å²) in [6.07, 6.45) is 0. The first-order valence-corrected chi connectivity index (χ1v) is 9.12. The Hall–Kier alpha value is -1.48. The van der Waals surface area contributed by atoms with Gasteiger partial charge in [0.1, 0.15) is 0 Å². The predicted octanol–water partition coefficient (Wildman–Crippen LogP) is 0.183. The van der Waals surface area contributed by atoms with E-state index >= 15 is 0 Å². The third kappa shape index (κ3) is 4.51. The molecule has 2 rings (SSSR count). The largest absolute Gasteiger partial charge is 0.325 e. The van der Waals surface area contributed by atoms with E-state index in [0.29, 0.717) is 5.69 Å². The number of aryl methyl sites for hydroxylation is 1. The Labute approximate surface area is 137 Å². The van der Waals surface area contributed by atoms with Crippen molar-refractivity contribution in [2.45, 2.75) is 31.7 Å². The molecule has 0 spiro atoms. The number of nitrogens with one attached hydrogen (secondary N) is 2. The molecule has 7 nitrogen and oxygen atoms in total. The molecule has 8 heteroatoms. The van der Waals surface area contributed by atoms with E-state index in [1.165, 1.54) is 12.1 Å². The van der Waals surface area contributed by atoms with E-state index in [4.69, 9.17) is 5.14 Å². The van der Waals surface area contributed by atoms with Crippen molar-refractivity contribution in [3.63, 3.8) is 0 Å². The number of nitrogens with two attached hydrogens (primary N) is 1. The third-order valence-corrected chi connectivity index (χ3v) is 5.12. The second kappa shape index (κ2) is 6.96. The highest BCUT2D eigenvalue weighted by molar-refractivity contribution is 7.89. The molecule has 1 aliphatic rings. The topological polar surface area (TPSA) is 105 Å². The molecular formula is C15H24N4O3S. The van der Waals surface area contributed by atoms with Crippen molar-refractivity contribution >= 4 is 21.6 Å². The Morgan fingerprint density at radius 2 is 2.13 bits per heavy atom. The van der Waals surface area contributed by atoms with Crippen LogP contribution in [0.3, 0.4) is 0 Å². The van der Waals surface area contributed by atoms with Crippen LogP contribution in [0.5, 0.6) is 0 Å².